The summed E-state index contributed by atoms with van der Waals surface area (Å²) in [5, 5.41) is 16.4. The van der Waals surface area contributed by atoms with Gasteiger partial charge in [-0.15, -0.1) is 0 Å². The highest BCUT2D eigenvalue weighted by Crippen LogP contribution is 2.38. The Hall–Kier alpha value is -3.02. The van der Waals surface area contributed by atoms with Crippen molar-refractivity contribution in [2.45, 2.75) is 32.2 Å². The lowest BCUT2D eigenvalue weighted by atomic mass is 9.97. The SMILES string of the molecule is CCCC(=O)N1N=C(c2ccc(OC)c(OC)c2)C[C@H]1c1ccccc1O. The van der Waals surface area contributed by atoms with Gasteiger partial charge in [-0.1, -0.05) is 25.1 Å². The molecule has 142 valence electrons. The number of phenols is 1. The summed E-state index contributed by atoms with van der Waals surface area (Å²) in [6.07, 6.45) is 1.67. The number of rotatable bonds is 6. The summed E-state index contributed by atoms with van der Waals surface area (Å²) in [4.78, 5) is 12.6. The van der Waals surface area contributed by atoms with Gasteiger partial charge >= 0.3 is 0 Å². The Labute approximate surface area is 159 Å². The lowest BCUT2D eigenvalue weighted by molar-refractivity contribution is -0.133. The number of hydrogen-bond donors (Lipinski definition) is 1. The van der Waals surface area contributed by atoms with Gasteiger partial charge in [-0.25, -0.2) is 5.01 Å². The molecule has 3 rings (SSSR count). The van der Waals surface area contributed by atoms with Gasteiger partial charge in [0.1, 0.15) is 5.75 Å². The number of hydrazone groups is 1. The van der Waals surface area contributed by atoms with E-state index in [4.69, 9.17) is 9.47 Å². The Morgan fingerprint density at radius 2 is 1.93 bits per heavy atom. The Balaban J connectivity index is 1.98. The Bertz CT molecular complexity index is 863. The van der Waals surface area contributed by atoms with Crippen molar-refractivity contribution in [2.75, 3.05) is 14.2 Å². The number of nitrogens with zero attached hydrogens (tertiary/aromatic N) is 2. The molecule has 6 heteroatoms. The molecule has 1 aliphatic heterocycles. The zero-order chi connectivity index (χ0) is 19.4. The van der Waals surface area contributed by atoms with Crippen molar-refractivity contribution in [1.82, 2.24) is 5.01 Å². The van der Waals surface area contributed by atoms with E-state index in [0.29, 0.717) is 29.9 Å². The quantitative estimate of drug-likeness (QED) is 0.840. The van der Waals surface area contributed by atoms with Crippen LogP contribution in [0.2, 0.25) is 0 Å². The maximum Gasteiger partial charge on any atom is 0.243 e. The smallest absolute Gasteiger partial charge is 0.243 e. The average Bonchev–Trinajstić information content (AvgIpc) is 3.13. The fourth-order valence-electron chi connectivity index (χ4n) is 3.27. The predicted molar refractivity (Wildman–Crippen MR) is 103 cm³/mol. The summed E-state index contributed by atoms with van der Waals surface area (Å²) in [6.45, 7) is 1.96. The predicted octanol–water partition coefficient (Wildman–Crippen LogP) is 3.89. The first-order valence-corrected chi connectivity index (χ1v) is 8.98. The lowest BCUT2D eigenvalue weighted by Gasteiger charge is -2.22. The highest BCUT2D eigenvalue weighted by molar-refractivity contribution is 6.03. The fourth-order valence-corrected chi connectivity index (χ4v) is 3.27. The first-order valence-electron chi connectivity index (χ1n) is 8.98. The molecule has 0 aromatic heterocycles. The molecule has 0 fully saturated rings. The largest absolute Gasteiger partial charge is 0.508 e. The maximum atomic E-state index is 12.6. The van der Waals surface area contributed by atoms with Gasteiger partial charge in [-0.3, -0.25) is 4.79 Å². The van der Waals surface area contributed by atoms with Crippen LogP contribution in [0, 0.1) is 0 Å². The zero-order valence-corrected chi connectivity index (χ0v) is 15.8. The van der Waals surface area contributed by atoms with Crippen molar-refractivity contribution < 1.29 is 19.4 Å². The highest BCUT2D eigenvalue weighted by Gasteiger charge is 2.34. The number of phenolic OH excluding ortho intramolecular Hbond substituents is 1. The van der Waals surface area contributed by atoms with E-state index in [-0.39, 0.29) is 17.7 Å². The van der Waals surface area contributed by atoms with Crippen molar-refractivity contribution in [3.63, 3.8) is 0 Å². The molecule has 0 unspecified atom stereocenters. The summed E-state index contributed by atoms with van der Waals surface area (Å²) in [5.41, 5.74) is 2.33. The van der Waals surface area contributed by atoms with Crippen LogP contribution in [0.15, 0.2) is 47.6 Å². The topological polar surface area (TPSA) is 71.4 Å². The molecular weight excluding hydrogens is 344 g/mol. The first kappa shape index (κ1) is 18.8. The number of carbonyl (C=O) groups excluding carboxylic acids is 1. The standard InChI is InChI=1S/C21H24N2O4/c1-4-7-21(25)23-17(15-8-5-6-9-18(15)24)13-16(22-23)14-10-11-19(26-2)20(12-14)27-3/h5-6,8-12,17,24H,4,7,13H2,1-3H3/t17-/m0/s1. The van der Waals surface area contributed by atoms with E-state index in [1.165, 1.54) is 5.01 Å². The van der Waals surface area contributed by atoms with Crippen LogP contribution in [-0.4, -0.2) is 36.0 Å². The van der Waals surface area contributed by atoms with Crippen molar-refractivity contribution in [2.24, 2.45) is 5.10 Å². The minimum atomic E-state index is -0.326. The van der Waals surface area contributed by atoms with Crippen LogP contribution in [0.5, 0.6) is 17.2 Å². The van der Waals surface area contributed by atoms with Gasteiger partial charge in [0.25, 0.3) is 0 Å². The molecule has 1 amide bonds. The molecule has 6 nitrogen and oxygen atoms in total. The van der Waals surface area contributed by atoms with Gasteiger partial charge in [-0.2, -0.15) is 5.10 Å². The van der Waals surface area contributed by atoms with Crippen LogP contribution in [0.4, 0.5) is 0 Å². The second-order valence-electron chi connectivity index (χ2n) is 6.38. The third-order valence-corrected chi connectivity index (χ3v) is 4.64. The molecule has 0 radical (unpaired) electrons. The second kappa shape index (κ2) is 8.12. The monoisotopic (exact) mass is 368 g/mol. The van der Waals surface area contributed by atoms with Crippen molar-refractivity contribution in [3.05, 3.63) is 53.6 Å². The molecule has 0 spiro atoms. The number of aromatic hydroxyl groups is 1. The van der Waals surface area contributed by atoms with Gasteiger partial charge in [0.15, 0.2) is 11.5 Å². The molecule has 0 aliphatic carbocycles. The number of para-hydroxylation sites is 1. The van der Waals surface area contributed by atoms with Crippen molar-refractivity contribution in [3.8, 4) is 17.2 Å². The normalized spacial score (nSPS) is 16.2. The van der Waals surface area contributed by atoms with Gasteiger partial charge < -0.3 is 14.6 Å². The van der Waals surface area contributed by atoms with Crippen molar-refractivity contribution in [1.29, 1.82) is 0 Å². The number of benzene rings is 2. The molecule has 27 heavy (non-hydrogen) atoms. The number of amides is 1. The number of hydrogen-bond acceptors (Lipinski definition) is 5. The molecular formula is C21H24N2O4. The Morgan fingerprint density at radius 3 is 2.59 bits per heavy atom. The summed E-state index contributed by atoms with van der Waals surface area (Å²) < 4.78 is 10.7. The van der Waals surface area contributed by atoms with E-state index in [2.05, 4.69) is 5.10 Å². The zero-order valence-electron chi connectivity index (χ0n) is 15.8. The van der Waals surface area contributed by atoms with E-state index in [1.54, 1.807) is 26.4 Å². The lowest BCUT2D eigenvalue weighted by Crippen LogP contribution is -2.26. The van der Waals surface area contributed by atoms with Crippen LogP contribution < -0.4 is 9.47 Å². The highest BCUT2D eigenvalue weighted by atomic mass is 16.5. The van der Waals surface area contributed by atoms with Crippen LogP contribution in [0.25, 0.3) is 0 Å². The van der Waals surface area contributed by atoms with E-state index < -0.39 is 0 Å². The summed E-state index contributed by atoms with van der Waals surface area (Å²) >= 11 is 0. The summed E-state index contributed by atoms with van der Waals surface area (Å²) in [5.74, 6) is 1.35. The molecule has 1 N–H and O–H groups in total. The van der Waals surface area contributed by atoms with Gasteiger partial charge in [0.05, 0.1) is 26.0 Å². The van der Waals surface area contributed by atoms with Crippen LogP contribution in [-0.2, 0) is 4.79 Å². The van der Waals surface area contributed by atoms with Crippen LogP contribution >= 0.6 is 0 Å². The molecule has 0 saturated heterocycles. The maximum absolute atomic E-state index is 12.6. The minimum Gasteiger partial charge on any atom is -0.508 e. The second-order valence-corrected chi connectivity index (χ2v) is 6.38. The molecule has 2 aromatic carbocycles. The molecule has 1 heterocycles. The van der Waals surface area contributed by atoms with Gasteiger partial charge in [0.2, 0.25) is 5.91 Å². The van der Waals surface area contributed by atoms with Crippen LogP contribution in [0.3, 0.4) is 0 Å². The van der Waals surface area contributed by atoms with E-state index >= 15 is 0 Å². The van der Waals surface area contributed by atoms with Gasteiger partial charge in [-0.05, 0) is 30.7 Å². The molecule has 2 aromatic rings. The number of ether oxygens (including phenoxy) is 2. The molecule has 0 saturated carbocycles. The molecule has 1 atom stereocenters. The fraction of sp³-hybridized carbons (Fsp3) is 0.333. The van der Waals surface area contributed by atoms with E-state index in [9.17, 15) is 9.90 Å². The third kappa shape index (κ3) is 3.74. The summed E-state index contributed by atoms with van der Waals surface area (Å²) in [6, 6.07) is 12.3. The Morgan fingerprint density at radius 1 is 1.19 bits per heavy atom. The minimum absolute atomic E-state index is 0.0544. The number of carbonyl (C=O) groups is 1. The average molecular weight is 368 g/mol. The third-order valence-electron chi connectivity index (χ3n) is 4.64. The molecule has 0 bridgehead atoms. The Kier molecular flexibility index (Phi) is 5.64. The summed E-state index contributed by atoms with van der Waals surface area (Å²) in [7, 11) is 3.17. The van der Waals surface area contributed by atoms with E-state index in [0.717, 1.165) is 17.7 Å². The van der Waals surface area contributed by atoms with Crippen molar-refractivity contribution >= 4 is 11.6 Å². The number of methoxy groups -OCH3 is 2. The van der Waals surface area contributed by atoms with Crippen LogP contribution in [0.1, 0.15) is 43.4 Å². The van der Waals surface area contributed by atoms with Gasteiger partial charge in [0, 0.05) is 24.0 Å². The first-order chi connectivity index (χ1) is 13.1. The van der Waals surface area contributed by atoms with E-state index in [1.807, 2.05) is 37.3 Å². The molecule has 1 aliphatic rings.